The topological polar surface area (TPSA) is 46.3 Å². The monoisotopic (exact) mass is 404 g/mol. The first kappa shape index (κ1) is 21.4. The maximum absolute atomic E-state index is 12.9. The molecule has 1 fully saturated rings. The summed E-state index contributed by atoms with van der Waals surface area (Å²) >= 11 is 0. The Morgan fingerprint density at radius 1 is 1.21 bits per heavy atom. The van der Waals surface area contributed by atoms with Crippen LogP contribution in [0, 0.1) is 5.92 Å². The SMILES string of the molecule is CC1CN(CCc2cccc(C(F)(F)F)c2)CCC1(C)c1cccc(C(N)=O)c1. The van der Waals surface area contributed by atoms with Crippen molar-refractivity contribution in [1.82, 2.24) is 4.90 Å². The zero-order valence-corrected chi connectivity index (χ0v) is 16.8. The van der Waals surface area contributed by atoms with E-state index in [1.807, 2.05) is 18.2 Å². The quantitative estimate of drug-likeness (QED) is 0.789. The molecule has 29 heavy (non-hydrogen) atoms. The molecule has 3 rings (SSSR count). The summed E-state index contributed by atoms with van der Waals surface area (Å²) in [5.41, 5.74) is 7.09. The van der Waals surface area contributed by atoms with Gasteiger partial charge in [0.2, 0.25) is 5.91 Å². The Labute approximate surface area is 169 Å². The van der Waals surface area contributed by atoms with Crippen molar-refractivity contribution in [1.29, 1.82) is 0 Å². The number of hydrogen-bond acceptors (Lipinski definition) is 2. The number of nitrogens with two attached hydrogens (primary N) is 1. The van der Waals surface area contributed by atoms with Crippen LogP contribution in [0.15, 0.2) is 48.5 Å². The van der Waals surface area contributed by atoms with Crippen LogP contribution in [0.2, 0.25) is 0 Å². The number of halogens is 3. The number of benzene rings is 2. The van der Waals surface area contributed by atoms with Crippen LogP contribution >= 0.6 is 0 Å². The average Bonchev–Trinajstić information content (AvgIpc) is 2.68. The van der Waals surface area contributed by atoms with Crippen molar-refractivity contribution in [3.8, 4) is 0 Å². The summed E-state index contributed by atoms with van der Waals surface area (Å²) in [6.45, 7) is 6.84. The van der Waals surface area contributed by atoms with Crippen molar-refractivity contribution >= 4 is 5.91 Å². The number of hydrogen-bond donors (Lipinski definition) is 1. The maximum Gasteiger partial charge on any atom is 0.416 e. The first-order valence-electron chi connectivity index (χ1n) is 9.88. The fourth-order valence-corrected chi connectivity index (χ4v) is 4.17. The number of rotatable bonds is 5. The summed E-state index contributed by atoms with van der Waals surface area (Å²) in [5.74, 6) is -0.0949. The Hall–Kier alpha value is -2.34. The van der Waals surface area contributed by atoms with Crippen LogP contribution in [0.5, 0.6) is 0 Å². The maximum atomic E-state index is 12.9. The molecule has 2 unspecified atom stereocenters. The number of nitrogens with zero attached hydrogens (tertiary/aromatic N) is 1. The lowest BCUT2D eigenvalue weighted by molar-refractivity contribution is -0.137. The van der Waals surface area contributed by atoms with E-state index >= 15 is 0 Å². The van der Waals surface area contributed by atoms with E-state index in [1.165, 1.54) is 12.1 Å². The van der Waals surface area contributed by atoms with Gasteiger partial charge in [0.05, 0.1) is 5.56 Å². The van der Waals surface area contributed by atoms with Gasteiger partial charge in [0, 0.05) is 18.7 Å². The number of piperidine rings is 1. The Morgan fingerprint density at radius 3 is 2.59 bits per heavy atom. The molecule has 0 aromatic heterocycles. The van der Waals surface area contributed by atoms with Gasteiger partial charge >= 0.3 is 6.18 Å². The fourth-order valence-electron chi connectivity index (χ4n) is 4.17. The number of carbonyl (C=O) groups is 1. The van der Waals surface area contributed by atoms with Gasteiger partial charge in [0.15, 0.2) is 0 Å². The molecule has 2 N–H and O–H groups in total. The van der Waals surface area contributed by atoms with Crippen molar-refractivity contribution in [3.05, 3.63) is 70.8 Å². The first-order chi connectivity index (χ1) is 13.6. The summed E-state index contributed by atoms with van der Waals surface area (Å²) in [6.07, 6.45) is -2.81. The lowest BCUT2D eigenvalue weighted by Gasteiger charge is -2.45. The van der Waals surface area contributed by atoms with E-state index in [4.69, 9.17) is 5.73 Å². The predicted octanol–water partition coefficient (Wildman–Crippen LogP) is 4.65. The summed E-state index contributed by atoms with van der Waals surface area (Å²) in [4.78, 5) is 13.8. The van der Waals surface area contributed by atoms with E-state index in [0.717, 1.165) is 37.7 Å². The minimum Gasteiger partial charge on any atom is -0.366 e. The summed E-state index contributed by atoms with van der Waals surface area (Å²) < 4.78 is 38.7. The molecule has 2 atom stereocenters. The van der Waals surface area contributed by atoms with Gasteiger partial charge in [0.25, 0.3) is 0 Å². The zero-order chi connectivity index (χ0) is 21.2. The van der Waals surface area contributed by atoms with Gasteiger partial charge in [-0.05, 0) is 60.0 Å². The van der Waals surface area contributed by atoms with Crippen molar-refractivity contribution < 1.29 is 18.0 Å². The second-order valence-electron chi connectivity index (χ2n) is 8.26. The first-order valence-corrected chi connectivity index (χ1v) is 9.88. The molecule has 2 aromatic rings. The van der Waals surface area contributed by atoms with E-state index in [-0.39, 0.29) is 5.41 Å². The number of carbonyl (C=O) groups excluding carboxylic acids is 1. The van der Waals surface area contributed by atoms with Crippen molar-refractivity contribution in [3.63, 3.8) is 0 Å². The molecule has 6 heteroatoms. The Morgan fingerprint density at radius 2 is 1.93 bits per heavy atom. The van der Waals surface area contributed by atoms with E-state index < -0.39 is 17.6 Å². The van der Waals surface area contributed by atoms with Crippen LogP contribution < -0.4 is 5.73 Å². The molecule has 1 heterocycles. The van der Waals surface area contributed by atoms with Crippen LogP contribution in [0.25, 0.3) is 0 Å². The second kappa shape index (κ2) is 8.19. The van der Waals surface area contributed by atoms with E-state index in [2.05, 4.69) is 18.7 Å². The number of amides is 1. The van der Waals surface area contributed by atoms with Gasteiger partial charge in [-0.3, -0.25) is 4.79 Å². The van der Waals surface area contributed by atoms with Crippen LogP contribution in [0.4, 0.5) is 13.2 Å². The van der Waals surface area contributed by atoms with Crippen molar-refractivity contribution in [2.75, 3.05) is 19.6 Å². The largest absolute Gasteiger partial charge is 0.416 e. The molecular weight excluding hydrogens is 377 g/mol. The molecule has 0 aliphatic carbocycles. The molecule has 0 saturated carbocycles. The van der Waals surface area contributed by atoms with Crippen LogP contribution in [0.3, 0.4) is 0 Å². The number of primary amides is 1. The summed E-state index contributed by atoms with van der Waals surface area (Å²) in [5, 5.41) is 0. The lowest BCUT2D eigenvalue weighted by atomic mass is 9.68. The molecule has 0 spiro atoms. The van der Waals surface area contributed by atoms with E-state index in [0.29, 0.717) is 23.5 Å². The van der Waals surface area contributed by atoms with E-state index in [9.17, 15) is 18.0 Å². The highest BCUT2D eigenvalue weighted by Crippen LogP contribution is 2.39. The molecule has 1 aliphatic heterocycles. The molecule has 0 radical (unpaired) electrons. The summed E-state index contributed by atoms with van der Waals surface area (Å²) in [7, 11) is 0. The van der Waals surface area contributed by atoms with Gasteiger partial charge in [-0.25, -0.2) is 0 Å². The molecule has 1 saturated heterocycles. The standard InChI is InChI=1S/C23H27F3N2O/c1-16-15-28(11-9-17-5-3-8-20(13-17)23(24,25)26)12-10-22(16,2)19-7-4-6-18(14-19)21(27)29/h3-8,13-14,16H,9-12,15H2,1-2H3,(H2,27,29). The normalized spacial score (nSPS) is 23.1. The highest BCUT2D eigenvalue weighted by molar-refractivity contribution is 5.92. The molecule has 3 nitrogen and oxygen atoms in total. The molecule has 0 bridgehead atoms. The van der Waals surface area contributed by atoms with Crippen molar-refractivity contribution in [2.45, 2.75) is 38.3 Å². The highest BCUT2D eigenvalue weighted by atomic mass is 19.4. The molecular formula is C23H27F3N2O. The molecule has 1 amide bonds. The Balaban J connectivity index is 1.64. The van der Waals surface area contributed by atoms with E-state index in [1.54, 1.807) is 12.1 Å². The number of alkyl halides is 3. The van der Waals surface area contributed by atoms with Gasteiger partial charge < -0.3 is 10.6 Å². The van der Waals surface area contributed by atoms with Crippen LogP contribution in [-0.4, -0.2) is 30.4 Å². The van der Waals surface area contributed by atoms with Gasteiger partial charge in [-0.2, -0.15) is 13.2 Å². The minimum absolute atomic E-state index is 0.0713. The minimum atomic E-state index is -4.31. The zero-order valence-electron chi connectivity index (χ0n) is 16.8. The van der Waals surface area contributed by atoms with Crippen LogP contribution in [-0.2, 0) is 18.0 Å². The van der Waals surface area contributed by atoms with Crippen LogP contribution in [0.1, 0.15) is 47.3 Å². The predicted molar refractivity (Wildman–Crippen MR) is 108 cm³/mol. The van der Waals surface area contributed by atoms with Gasteiger partial charge in [-0.1, -0.05) is 44.2 Å². The third-order valence-electron chi connectivity index (χ3n) is 6.34. The highest BCUT2D eigenvalue weighted by Gasteiger charge is 2.38. The Kier molecular flexibility index (Phi) is 6.03. The molecule has 1 aliphatic rings. The van der Waals surface area contributed by atoms with Gasteiger partial charge in [0.1, 0.15) is 0 Å². The van der Waals surface area contributed by atoms with Gasteiger partial charge in [-0.15, -0.1) is 0 Å². The number of likely N-dealkylation sites (tertiary alicyclic amines) is 1. The molecule has 156 valence electrons. The summed E-state index contributed by atoms with van der Waals surface area (Å²) in [6, 6.07) is 13.1. The fraction of sp³-hybridized carbons (Fsp3) is 0.435. The second-order valence-corrected chi connectivity index (χ2v) is 8.26. The Bertz CT molecular complexity index is 880. The average molecular weight is 404 g/mol. The smallest absolute Gasteiger partial charge is 0.366 e. The van der Waals surface area contributed by atoms with Crippen molar-refractivity contribution in [2.24, 2.45) is 11.7 Å². The molecule has 2 aromatic carbocycles. The third-order valence-corrected chi connectivity index (χ3v) is 6.34. The third kappa shape index (κ3) is 4.81. The lowest BCUT2D eigenvalue weighted by Crippen LogP contribution is -2.47.